The van der Waals surface area contributed by atoms with Crippen LogP contribution in [0, 0.1) is 23.7 Å². The number of unbranched alkanes of at least 4 members (excludes halogenated alkanes) is 3. The van der Waals surface area contributed by atoms with E-state index in [-0.39, 0.29) is 5.75 Å². The maximum absolute atomic E-state index is 14.9. The zero-order valence-electron chi connectivity index (χ0n) is 21.4. The molecule has 3 rings (SSSR count). The lowest BCUT2D eigenvalue weighted by molar-refractivity contribution is -0.224. The zero-order chi connectivity index (χ0) is 24.2. The van der Waals surface area contributed by atoms with Crippen molar-refractivity contribution in [3.8, 4) is 11.5 Å². The van der Waals surface area contributed by atoms with Crippen LogP contribution in [0.1, 0.15) is 96.8 Å². The molecule has 34 heavy (non-hydrogen) atoms. The Bertz CT molecular complexity index is 662. The molecule has 0 amide bonds. The molecule has 3 nitrogen and oxygen atoms in total. The Morgan fingerprint density at radius 2 is 1.32 bits per heavy atom. The summed E-state index contributed by atoms with van der Waals surface area (Å²) in [6.07, 6.45) is 12.0. The van der Waals surface area contributed by atoms with Crippen molar-refractivity contribution in [3.05, 3.63) is 24.3 Å². The number of halogens is 2. The molecule has 2 aliphatic carbocycles. The Balaban J connectivity index is 1.36. The first-order chi connectivity index (χ1) is 16.5. The molecule has 0 atom stereocenters. The molecule has 0 N–H and O–H groups in total. The monoisotopic (exact) mass is 480 g/mol. The molecule has 0 radical (unpaired) electrons. The molecule has 2 fully saturated rings. The number of hydrogen-bond donors (Lipinski definition) is 0. The van der Waals surface area contributed by atoms with Crippen molar-refractivity contribution in [2.45, 2.75) is 103 Å². The van der Waals surface area contributed by atoms with E-state index in [1.54, 1.807) is 31.4 Å². The highest BCUT2D eigenvalue weighted by molar-refractivity contribution is 5.31. The molecule has 0 unspecified atom stereocenters. The summed E-state index contributed by atoms with van der Waals surface area (Å²) in [6, 6.07) is 6.65. The highest BCUT2D eigenvalue weighted by atomic mass is 19.3. The number of rotatable bonds is 14. The summed E-state index contributed by atoms with van der Waals surface area (Å²) in [5.74, 6) is 2.51. The SMILES string of the molecule is CCCC1CCC(C2CCC(C(F)(F)Oc3ccc(OCCCCCCOC)cc3)CC2)CC1. The lowest BCUT2D eigenvalue weighted by Crippen LogP contribution is -2.38. The Hall–Kier alpha value is -1.36. The molecule has 1 aromatic rings. The van der Waals surface area contributed by atoms with E-state index in [0.717, 1.165) is 57.0 Å². The van der Waals surface area contributed by atoms with E-state index in [2.05, 4.69) is 6.92 Å². The van der Waals surface area contributed by atoms with E-state index < -0.39 is 12.0 Å². The third-order valence-electron chi connectivity index (χ3n) is 8.09. The topological polar surface area (TPSA) is 27.7 Å². The maximum Gasteiger partial charge on any atom is 0.400 e. The normalized spacial score (nSPS) is 25.8. The minimum Gasteiger partial charge on any atom is -0.494 e. The van der Waals surface area contributed by atoms with E-state index in [1.807, 2.05) is 0 Å². The molecule has 2 aliphatic rings. The Kier molecular flexibility index (Phi) is 11.4. The van der Waals surface area contributed by atoms with E-state index in [0.29, 0.717) is 31.1 Å². The molecule has 0 aromatic heterocycles. The molecular weight excluding hydrogens is 434 g/mol. The summed E-state index contributed by atoms with van der Waals surface area (Å²) >= 11 is 0. The van der Waals surface area contributed by atoms with E-state index >= 15 is 0 Å². The van der Waals surface area contributed by atoms with E-state index in [1.165, 1.54) is 38.5 Å². The van der Waals surface area contributed by atoms with Gasteiger partial charge in [0, 0.05) is 13.7 Å². The Labute approximate surface area is 205 Å². The number of methoxy groups -OCH3 is 1. The van der Waals surface area contributed by atoms with Crippen molar-refractivity contribution >= 4 is 0 Å². The van der Waals surface area contributed by atoms with Gasteiger partial charge in [0.1, 0.15) is 11.5 Å². The Morgan fingerprint density at radius 1 is 0.765 bits per heavy atom. The summed E-state index contributed by atoms with van der Waals surface area (Å²) in [7, 11) is 1.72. The predicted octanol–water partition coefficient (Wildman–Crippen LogP) is 8.66. The van der Waals surface area contributed by atoms with Gasteiger partial charge < -0.3 is 14.2 Å². The van der Waals surface area contributed by atoms with Gasteiger partial charge in [0.25, 0.3) is 0 Å². The standard InChI is InChI=1S/C29H46F2O3/c1-3-8-23-9-11-24(12-10-23)25-13-15-26(16-14-25)29(30,31)34-28-19-17-27(18-20-28)33-22-7-5-4-6-21-32-2/h17-20,23-26H,3-16,21-22H2,1-2H3. The number of alkyl halides is 2. The van der Waals surface area contributed by atoms with E-state index in [9.17, 15) is 8.78 Å². The van der Waals surface area contributed by atoms with Gasteiger partial charge in [-0.25, -0.2) is 0 Å². The molecule has 0 bridgehead atoms. The van der Waals surface area contributed by atoms with Crippen LogP contribution in [0.4, 0.5) is 8.78 Å². The van der Waals surface area contributed by atoms with Crippen molar-refractivity contribution in [1.29, 1.82) is 0 Å². The molecule has 0 saturated heterocycles. The summed E-state index contributed by atoms with van der Waals surface area (Å²) < 4.78 is 45.8. The van der Waals surface area contributed by atoms with Crippen LogP contribution in [0.3, 0.4) is 0 Å². The van der Waals surface area contributed by atoms with Gasteiger partial charge in [0.2, 0.25) is 0 Å². The van der Waals surface area contributed by atoms with Crippen molar-refractivity contribution in [1.82, 2.24) is 0 Å². The van der Waals surface area contributed by atoms with Crippen molar-refractivity contribution in [2.75, 3.05) is 20.3 Å². The van der Waals surface area contributed by atoms with Gasteiger partial charge in [-0.1, -0.05) is 39.0 Å². The molecule has 0 heterocycles. The first-order valence-electron chi connectivity index (χ1n) is 13.8. The third-order valence-corrected chi connectivity index (χ3v) is 8.09. The molecular formula is C29H46F2O3. The maximum atomic E-state index is 14.9. The lowest BCUT2D eigenvalue weighted by Gasteiger charge is -2.39. The average molecular weight is 481 g/mol. The fourth-order valence-corrected chi connectivity index (χ4v) is 6.02. The van der Waals surface area contributed by atoms with Crippen LogP contribution < -0.4 is 9.47 Å². The smallest absolute Gasteiger partial charge is 0.400 e. The van der Waals surface area contributed by atoms with Crippen LogP contribution in [-0.2, 0) is 4.74 Å². The van der Waals surface area contributed by atoms with Gasteiger partial charge in [0.05, 0.1) is 12.5 Å². The van der Waals surface area contributed by atoms with Crippen LogP contribution in [0.15, 0.2) is 24.3 Å². The third kappa shape index (κ3) is 8.70. The molecule has 0 aliphatic heterocycles. The Morgan fingerprint density at radius 3 is 1.91 bits per heavy atom. The predicted molar refractivity (Wildman–Crippen MR) is 134 cm³/mol. The van der Waals surface area contributed by atoms with Gasteiger partial charge in [0.15, 0.2) is 0 Å². The van der Waals surface area contributed by atoms with Gasteiger partial charge >= 0.3 is 6.11 Å². The largest absolute Gasteiger partial charge is 0.494 e. The highest BCUT2D eigenvalue weighted by Crippen LogP contribution is 2.46. The van der Waals surface area contributed by atoms with Crippen molar-refractivity contribution in [2.24, 2.45) is 23.7 Å². The second-order valence-corrected chi connectivity index (χ2v) is 10.6. The van der Waals surface area contributed by atoms with Gasteiger partial charge in [-0.15, -0.1) is 0 Å². The first kappa shape index (κ1) is 27.2. The second-order valence-electron chi connectivity index (χ2n) is 10.6. The van der Waals surface area contributed by atoms with Crippen LogP contribution in [0.25, 0.3) is 0 Å². The summed E-state index contributed by atoms with van der Waals surface area (Å²) in [6.45, 7) is 3.70. The van der Waals surface area contributed by atoms with Crippen LogP contribution in [-0.4, -0.2) is 26.4 Å². The first-order valence-corrected chi connectivity index (χ1v) is 13.8. The van der Waals surface area contributed by atoms with Gasteiger partial charge in [-0.05, 0) is 99.8 Å². The fourth-order valence-electron chi connectivity index (χ4n) is 6.02. The van der Waals surface area contributed by atoms with Gasteiger partial charge in [-0.3, -0.25) is 0 Å². The van der Waals surface area contributed by atoms with Crippen LogP contribution in [0.2, 0.25) is 0 Å². The van der Waals surface area contributed by atoms with Crippen LogP contribution in [0.5, 0.6) is 11.5 Å². The molecule has 5 heteroatoms. The minimum atomic E-state index is -3.12. The number of ether oxygens (including phenoxy) is 3. The van der Waals surface area contributed by atoms with Gasteiger partial charge in [-0.2, -0.15) is 8.78 Å². The summed E-state index contributed by atoms with van der Waals surface area (Å²) in [5, 5.41) is 0. The average Bonchev–Trinajstić information content (AvgIpc) is 2.85. The van der Waals surface area contributed by atoms with Crippen molar-refractivity contribution in [3.63, 3.8) is 0 Å². The number of hydrogen-bond acceptors (Lipinski definition) is 3. The van der Waals surface area contributed by atoms with Crippen LogP contribution >= 0.6 is 0 Å². The molecule has 1 aromatic carbocycles. The fraction of sp³-hybridized carbons (Fsp3) is 0.793. The van der Waals surface area contributed by atoms with Crippen molar-refractivity contribution < 1.29 is 23.0 Å². The molecule has 0 spiro atoms. The summed E-state index contributed by atoms with van der Waals surface area (Å²) in [4.78, 5) is 0. The number of benzene rings is 1. The van der Waals surface area contributed by atoms with E-state index in [4.69, 9.17) is 14.2 Å². The highest BCUT2D eigenvalue weighted by Gasteiger charge is 2.45. The molecule has 2 saturated carbocycles. The lowest BCUT2D eigenvalue weighted by atomic mass is 9.68. The molecule has 194 valence electrons. The quantitative estimate of drug-likeness (QED) is 0.249. The minimum absolute atomic E-state index is 0.216. The zero-order valence-corrected chi connectivity index (χ0v) is 21.4. The second kappa shape index (κ2) is 14.3. The summed E-state index contributed by atoms with van der Waals surface area (Å²) in [5.41, 5.74) is 0.